The zero-order valence-corrected chi connectivity index (χ0v) is 9.64. The standard InChI is InChI=1S/C13H20N2O/c14-13(12-5-2-1-3-6-12)11-15-7-4-9-16-10-8-15/h1-3,5-6,13H,4,7-11,14H2. The Bertz CT molecular complexity index is 294. The number of hydrogen-bond donors (Lipinski definition) is 1. The first-order chi connectivity index (χ1) is 7.86. The highest BCUT2D eigenvalue weighted by Crippen LogP contribution is 2.12. The van der Waals surface area contributed by atoms with Gasteiger partial charge in [-0.05, 0) is 12.0 Å². The van der Waals surface area contributed by atoms with Crippen LogP contribution >= 0.6 is 0 Å². The first kappa shape index (κ1) is 11.6. The van der Waals surface area contributed by atoms with Gasteiger partial charge in [-0.2, -0.15) is 0 Å². The van der Waals surface area contributed by atoms with Crippen molar-refractivity contribution in [2.45, 2.75) is 12.5 Å². The van der Waals surface area contributed by atoms with Gasteiger partial charge < -0.3 is 10.5 Å². The molecule has 2 rings (SSSR count). The van der Waals surface area contributed by atoms with Crippen molar-refractivity contribution in [1.29, 1.82) is 0 Å². The van der Waals surface area contributed by atoms with E-state index in [0.717, 1.165) is 39.3 Å². The van der Waals surface area contributed by atoms with Gasteiger partial charge in [0, 0.05) is 32.3 Å². The van der Waals surface area contributed by atoms with Crippen LogP contribution in [-0.4, -0.2) is 37.7 Å². The molecule has 3 nitrogen and oxygen atoms in total. The van der Waals surface area contributed by atoms with Crippen LogP contribution in [0.5, 0.6) is 0 Å². The summed E-state index contributed by atoms with van der Waals surface area (Å²) in [7, 11) is 0. The summed E-state index contributed by atoms with van der Waals surface area (Å²) in [6, 6.07) is 10.4. The molecule has 1 aromatic rings. The van der Waals surface area contributed by atoms with Gasteiger partial charge in [-0.1, -0.05) is 30.3 Å². The average Bonchev–Trinajstić information content (AvgIpc) is 2.59. The molecule has 0 aliphatic carbocycles. The maximum absolute atomic E-state index is 6.19. The van der Waals surface area contributed by atoms with Crippen LogP contribution in [0.15, 0.2) is 30.3 Å². The molecular weight excluding hydrogens is 200 g/mol. The lowest BCUT2D eigenvalue weighted by molar-refractivity contribution is 0.140. The highest BCUT2D eigenvalue weighted by atomic mass is 16.5. The van der Waals surface area contributed by atoms with Crippen molar-refractivity contribution in [3.05, 3.63) is 35.9 Å². The molecule has 0 radical (unpaired) electrons. The normalized spacial score (nSPS) is 20.3. The average molecular weight is 220 g/mol. The van der Waals surface area contributed by atoms with Crippen LogP contribution < -0.4 is 5.73 Å². The lowest BCUT2D eigenvalue weighted by Crippen LogP contribution is -2.34. The van der Waals surface area contributed by atoms with Gasteiger partial charge in [0.25, 0.3) is 0 Å². The Labute approximate surface area is 97.2 Å². The quantitative estimate of drug-likeness (QED) is 0.837. The first-order valence-corrected chi connectivity index (χ1v) is 5.97. The first-order valence-electron chi connectivity index (χ1n) is 5.97. The molecule has 1 aromatic carbocycles. The second-order valence-electron chi connectivity index (χ2n) is 4.28. The van der Waals surface area contributed by atoms with Crippen molar-refractivity contribution < 1.29 is 4.74 Å². The highest BCUT2D eigenvalue weighted by Gasteiger charge is 2.13. The van der Waals surface area contributed by atoms with Crippen LogP contribution in [0.25, 0.3) is 0 Å². The van der Waals surface area contributed by atoms with Gasteiger partial charge in [-0.3, -0.25) is 4.90 Å². The van der Waals surface area contributed by atoms with E-state index in [4.69, 9.17) is 10.5 Å². The Balaban J connectivity index is 1.88. The molecule has 1 atom stereocenters. The zero-order valence-electron chi connectivity index (χ0n) is 9.64. The topological polar surface area (TPSA) is 38.5 Å². The molecule has 1 fully saturated rings. The Morgan fingerprint density at radius 1 is 1.19 bits per heavy atom. The minimum atomic E-state index is 0.110. The van der Waals surface area contributed by atoms with Gasteiger partial charge in [0.05, 0.1) is 6.61 Å². The van der Waals surface area contributed by atoms with E-state index in [1.807, 2.05) is 18.2 Å². The number of nitrogens with two attached hydrogens (primary N) is 1. The smallest absolute Gasteiger partial charge is 0.0593 e. The molecule has 16 heavy (non-hydrogen) atoms. The van der Waals surface area contributed by atoms with Crippen molar-refractivity contribution in [3.63, 3.8) is 0 Å². The van der Waals surface area contributed by atoms with Crippen LogP contribution in [0, 0.1) is 0 Å². The summed E-state index contributed by atoms with van der Waals surface area (Å²) in [5.74, 6) is 0. The van der Waals surface area contributed by atoms with Crippen molar-refractivity contribution in [3.8, 4) is 0 Å². The molecule has 0 aromatic heterocycles. The van der Waals surface area contributed by atoms with Crippen LogP contribution in [0.2, 0.25) is 0 Å². The number of benzene rings is 1. The summed E-state index contributed by atoms with van der Waals surface area (Å²) < 4.78 is 5.43. The van der Waals surface area contributed by atoms with Gasteiger partial charge >= 0.3 is 0 Å². The maximum atomic E-state index is 6.19. The molecule has 0 saturated carbocycles. The lowest BCUT2D eigenvalue weighted by atomic mass is 10.1. The van der Waals surface area contributed by atoms with Crippen molar-refractivity contribution in [2.24, 2.45) is 5.73 Å². The third kappa shape index (κ3) is 3.30. The molecule has 1 heterocycles. The molecule has 88 valence electrons. The van der Waals surface area contributed by atoms with E-state index in [1.165, 1.54) is 5.56 Å². The van der Waals surface area contributed by atoms with E-state index in [2.05, 4.69) is 17.0 Å². The molecule has 2 N–H and O–H groups in total. The molecule has 1 unspecified atom stereocenters. The zero-order chi connectivity index (χ0) is 11.2. The monoisotopic (exact) mass is 220 g/mol. The SMILES string of the molecule is NC(CN1CCCOCC1)c1ccccc1. The van der Waals surface area contributed by atoms with Crippen molar-refractivity contribution >= 4 is 0 Å². The Morgan fingerprint density at radius 3 is 2.81 bits per heavy atom. The number of hydrogen-bond acceptors (Lipinski definition) is 3. The Kier molecular flexibility index (Phi) is 4.34. The summed E-state index contributed by atoms with van der Waals surface area (Å²) >= 11 is 0. The number of nitrogens with zero attached hydrogens (tertiary/aromatic N) is 1. The van der Waals surface area contributed by atoms with E-state index in [-0.39, 0.29) is 6.04 Å². The molecule has 1 saturated heterocycles. The third-order valence-electron chi connectivity index (χ3n) is 3.00. The van der Waals surface area contributed by atoms with E-state index in [1.54, 1.807) is 0 Å². The highest BCUT2D eigenvalue weighted by molar-refractivity contribution is 5.18. The van der Waals surface area contributed by atoms with E-state index in [9.17, 15) is 0 Å². The minimum absolute atomic E-state index is 0.110. The van der Waals surface area contributed by atoms with Crippen LogP contribution in [0.3, 0.4) is 0 Å². The summed E-state index contributed by atoms with van der Waals surface area (Å²) in [5, 5.41) is 0. The predicted octanol–water partition coefficient (Wildman–Crippen LogP) is 1.41. The molecule has 3 heteroatoms. The van der Waals surface area contributed by atoms with E-state index >= 15 is 0 Å². The predicted molar refractivity (Wildman–Crippen MR) is 65.2 cm³/mol. The van der Waals surface area contributed by atoms with Crippen molar-refractivity contribution in [2.75, 3.05) is 32.8 Å². The third-order valence-corrected chi connectivity index (χ3v) is 3.00. The second kappa shape index (κ2) is 5.99. The molecule has 0 spiro atoms. The minimum Gasteiger partial charge on any atom is -0.380 e. The van der Waals surface area contributed by atoms with Gasteiger partial charge in [0.1, 0.15) is 0 Å². The molecule has 1 aliphatic rings. The largest absolute Gasteiger partial charge is 0.380 e. The summed E-state index contributed by atoms with van der Waals surface area (Å²) in [5.41, 5.74) is 7.41. The van der Waals surface area contributed by atoms with Gasteiger partial charge in [0.15, 0.2) is 0 Å². The maximum Gasteiger partial charge on any atom is 0.0593 e. The molecular formula is C13H20N2O. The fourth-order valence-corrected chi connectivity index (χ4v) is 2.06. The van der Waals surface area contributed by atoms with Gasteiger partial charge in [-0.25, -0.2) is 0 Å². The second-order valence-corrected chi connectivity index (χ2v) is 4.28. The van der Waals surface area contributed by atoms with Crippen molar-refractivity contribution in [1.82, 2.24) is 4.90 Å². The van der Waals surface area contributed by atoms with Gasteiger partial charge in [0.2, 0.25) is 0 Å². The van der Waals surface area contributed by atoms with E-state index < -0.39 is 0 Å². The number of rotatable bonds is 3. The summed E-state index contributed by atoms with van der Waals surface area (Å²) in [6.07, 6.45) is 1.11. The molecule has 1 aliphatic heterocycles. The van der Waals surface area contributed by atoms with Crippen LogP contribution in [0.4, 0.5) is 0 Å². The summed E-state index contributed by atoms with van der Waals surface area (Å²) in [4.78, 5) is 2.39. The Hall–Kier alpha value is -0.900. The molecule has 0 amide bonds. The van der Waals surface area contributed by atoms with Crippen LogP contribution in [-0.2, 0) is 4.74 Å². The van der Waals surface area contributed by atoms with Gasteiger partial charge in [-0.15, -0.1) is 0 Å². The lowest BCUT2D eigenvalue weighted by Gasteiger charge is -2.23. The molecule has 0 bridgehead atoms. The fraction of sp³-hybridized carbons (Fsp3) is 0.538. The summed E-state index contributed by atoms with van der Waals surface area (Å²) in [6.45, 7) is 4.74. The fourth-order valence-electron chi connectivity index (χ4n) is 2.06. The van der Waals surface area contributed by atoms with Crippen LogP contribution in [0.1, 0.15) is 18.0 Å². The number of ether oxygens (including phenoxy) is 1. The Morgan fingerprint density at radius 2 is 2.00 bits per heavy atom. The van der Waals surface area contributed by atoms with E-state index in [0.29, 0.717) is 0 Å².